The Balaban J connectivity index is 1.58. The van der Waals surface area contributed by atoms with Crippen molar-refractivity contribution in [1.82, 2.24) is 20.1 Å². The summed E-state index contributed by atoms with van der Waals surface area (Å²) >= 11 is 0. The first-order chi connectivity index (χ1) is 12.0. The molecule has 1 aromatic heterocycles. The molecule has 2 N–H and O–H groups in total. The van der Waals surface area contributed by atoms with E-state index < -0.39 is 5.97 Å². The van der Waals surface area contributed by atoms with Gasteiger partial charge in [-0.2, -0.15) is 5.10 Å². The molecule has 2 aromatic rings. The van der Waals surface area contributed by atoms with E-state index in [0.29, 0.717) is 25.2 Å². The topological polar surface area (TPSA) is 99.2 Å². The van der Waals surface area contributed by atoms with Gasteiger partial charge in [0.25, 0.3) is 0 Å². The molecule has 0 aliphatic carbocycles. The summed E-state index contributed by atoms with van der Waals surface area (Å²) in [6.45, 7) is 3.29. The van der Waals surface area contributed by atoms with Crippen LogP contribution in [0.3, 0.4) is 0 Å². The molecule has 1 aromatic carbocycles. The summed E-state index contributed by atoms with van der Waals surface area (Å²) in [5.74, 6) is 0.879. The summed E-state index contributed by atoms with van der Waals surface area (Å²) < 4.78 is 0. The largest absolute Gasteiger partial charge is 0.478 e. The van der Waals surface area contributed by atoms with Crippen LogP contribution < -0.4 is 0 Å². The molecule has 1 saturated heterocycles. The van der Waals surface area contributed by atoms with Crippen LogP contribution in [0, 0.1) is 6.92 Å². The number of amides is 1. The smallest absolute Gasteiger partial charge is 0.335 e. The van der Waals surface area contributed by atoms with Crippen molar-refractivity contribution in [3.63, 3.8) is 0 Å². The first kappa shape index (κ1) is 17.1. The lowest BCUT2D eigenvalue weighted by Crippen LogP contribution is -2.39. The predicted octanol–water partition coefficient (Wildman–Crippen LogP) is 2.15. The molecule has 132 valence electrons. The number of carbonyl (C=O) groups excluding carboxylic acids is 1. The van der Waals surface area contributed by atoms with E-state index in [1.807, 2.05) is 24.0 Å². The molecule has 3 rings (SSSR count). The van der Waals surface area contributed by atoms with Crippen LogP contribution in [0.4, 0.5) is 0 Å². The lowest BCUT2D eigenvalue weighted by Gasteiger charge is -2.33. The van der Waals surface area contributed by atoms with Gasteiger partial charge in [0.1, 0.15) is 5.82 Å². The Morgan fingerprint density at radius 1 is 1.32 bits per heavy atom. The van der Waals surface area contributed by atoms with E-state index in [1.165, 1.54) is 0 Å². The molecule has 7 nitrogen and oxygen atoms in total. The number of hydrogen-bond acceptors (Lipinski definition) is 4. The molecule has 1 aliphatic rings. The summed E-state index contributed by atoms with van der Waals surface area (Å²) in [6.07, 6.45) is 2.91. The van der Waals surface area contributed by atoms with Crippen LogP contribution in [-0.4, -0.2) is 50.2 Å². The first-order valence-corrected chi connectivity index (χ1v) is 8.52. The number of nitrogens with one attached hydrogen (secondary N) is 1. The zero-order chi connectivity index (χ0) is 17.8. The van der Waals surface area contributed by atoms with E-state index >= 15 is 0 Å². The Morgan fingerprint density at radius 2 is 2.08 bits per heavy atom. The minimum atomic E-state index is -0.922. The van der Waals surface area contributed by atoms with E-state index in [0.717, 1.165) is 30.8 Å². The minimum absolute atomic E-state index is 0.120. The fraction of sp³-hybridized carbons (Fsp3) is 0.444. The van der Waals surface area contributed by atoms with Gasteiger partial charge in [0.15, 0.2) is 5.82 Å². The number of carboxylic acids is 1. The second kappa shape index (κ2) is 7.46. The van der Waals surface area contributed by atoms with Gasteiger partial charge in [-0.1, -0.05) is 12.1 Å². The highest BCUT2D eigenvalue weighted by Gasteiger charge is 2.24. The van der Waals surface area contributed by atoms with Crippen LogP contribution in [0.2, 0.25) is 0 Å². The van der Waals surface area contributed by atoms with Gasteiger partial charge < -0.3 is 10.0 Å². The first-order valence-electron chi connectivity index (χ1n) is 8.52. The van der Waals surface area contributed by atoms with Crippen molar-refractivity contribution in [2.24, 2.45) is 0 Å². The van der Waals surface area contributed by atoms with Gasteiger partial charge in [0, 0.05) is 31.8 Å². The van der Waals surface area contributed by atoms with Gasteiger partial charge in [-0.3, -0.25) is 9.89 Å². The lowest BCUT2D eigenvalue weighted by atomic mass is 9.90. The van der Waals surface area contributed by atoms with Crippen LogP contribution in [-0.2, 0) is 11.2 Å². The van der Waals surface area contributed by atoms with Crippen LogP contribution >= 0.6 is 0 Å². The van der Waals surface area contributed by atoms with Crippen molar-refractivity contribution >= 4 is 11.9 Å². The van der Waals surface area contributed by atoms with E-state index in [-0.39, 0.29) is 17.4 Å². The molecule has 1 fully saturated rings. The number of aromatic amines is 1. The maximum Gasteiger partial charge on any atom is 0.335 e. The second-order valence-corrected chi connectivity index (χ2v) is 6.44. The zero-order valence-electron chi connectivity index (χ0n) is 14.2. The number of likely N-dealkylation sites (tertiary alicyclic amines) is 1. The van der Waals surface area contributed by atoms with Gasteiger partial charge in [-0.25, -0.2) is 9.78 Å². The van der Waals surface area contributed by atoms with Gasteiger partial charge in [-0.05, 0) is 37.5 Å². The van der Waals surface area contributed by atoms with Crippen LogP contribution in [0.15, 0.2) is 24.3 Å². The molecule has 0 bridgehead atoms. The maximum atomic E-state index is 12.5. The second-order valence-electron chi connectivity index (χ2n) is 6.44. The molecule has 25 heavy (non-hydrogen) atoms. The fourth-order valence-electron chi connectivity index (χ4n) is 3.25. The molecule has 0 spiro atoms. The van der Waals surface area contributed by atoms with Gasteiger partial charge in [-0.15, -0.1) is 0 Å². The van der Waals surface area contributed by atoms with E-state index in [4.69, 9.17) is 5.11 Å². The normalized spacial score (nSPS) is 17.5. The Kier molecular flexibility index (Phi) is 5.11. The molecule has 7 heteroatoms. The predicted molar refractivity (Wildman–Crippen MR) is 91.4 cm³/mol. The van der Waals surface area contributed by atoms with E-state index in [9.17, 15) is 9.59 Å². The number of rotatable bonds is 5. The summed E-state index contributed by atoms with van der Waals surface area (Å²) in [5, 5.41) is 15.8. The number of carbonyl (C=O) groups is 2. The Morgan fingerprint density at radius 3 is 2.72 bits per heavy atom. The monoisotopic (exact) mass is 342 g/mol. The van der Waals surface area contributed by atoms with Crippen LogP contribution in [0.25, 0.3) is 0 Å². The van der Waals surface area contributed by atoms with Crippen molar-refractivity contribution in [3.05, 3.63) is 47.0 Å². The number of aryl methyl sites for hydroxylation is 2. The number of aromatic nitrogens is 3. The van der Waals surface area contributed by atoms with Gasteiger partial charge in [0.2, 0.25) is 5.91 Å². The Bertz CT molecular complexity index is 754. The molecule has 1 amide bonds. The number of hydrogen-bond donors (Lipinski definition) is 2. The average Bonchev–Trinajstić information content (AvgIpc) is 3.05. The highest BCUT2D eigenvalue weighted by Crippen LogP contribution is 2.27. The van der Waals surface area contributed by atoms with Crippen LogP contribution in [0.5, 0.6) is 0 Å². The van der Waals surface area contributed by atoms with Crippen molar-refractivity contribution in [1.29, 1.82) is 0 Å². The third kappa shape index (κ3) is 4.23. The van der Waals surface area contributed by atoms with Crippen LogP contribution in [0.1, 0.15) is 52.8 Å². The highest BCUT2D eigenvalue weighted by molar-refractivity contribution is 5.87. The number of benzene rings is 1. The van der Waals surface area contributed by atoms with Crippen molar-refractivity contribution < 1.29 is 14.7 Å². The third-order valence-corrected chi connectivity index (χ3v) is 4.61. The minimum Gasteiger partial charge on any atom is -0.478 e. The molecule has 0 unspecified atom stereocenters. The standard InChI is InChI=1S/C18H22N4O3/c1-12-19-16(21-20-12)8-9-17(23)22-10-2-3-15(11-22)13-4-6-14(7-5-13)18(24)25/h4-7,15H,2-3,8-11H2,1H3,(H,24,25)(H,19,20,21)/t15-/m1/s1. The zero-order valence-corrected chi connectivity index (χ0v) is 14.2. The molecule has 1 atom stereocenters. The molecule has 2 heterocycles. The van der Waals surface area contributed by atoms with Crippen molar-refractivity contribution in [2.75, 3.05) is 13.1 Å². The summed E-state index contributed by atoms with van der Waals surface area (Å²) in [5.41, 5.74) is 1.38. The molecular weight excluding hydrogens is 320 g/mol. The fourth-order valence-corrected chi connectivity index (χ4v) is 3.25. The molecule has 0 saturated carbocycles. The third-order valence-electron chi connectivity index (χ3n) is 4.61. The lowest BCUT2D eigenvalue weighted by molar-refractivity contribution is -0.132. The number of piperidine rings is 1. The molecule has 1 aliphatic heterocycles. The van der Waals surface area contributed by atoms with Gasteiger partial charge in [0.05, 0.1) is 5.56 Å². The van der Waals surface area contributed by atoms with E-state index in [2.05, 4.69) is 15.2 Å². The van der Waals surface area contributed by atoms with Crippen molar-refractivity contribution in [3.8, 4) is 0 Å². The number of carboxylic acid groups (broad SMARTS) is 1. The summed E-state index contributed by atoms with van der Waals surface area (Å²) in [7, 11) is 0. The number of H-pyrrole nitrogens is 1. The summed E-state index contributed by atoms with van der Waals surface area (Å²) in [4.78, 5) is 29.6. The van der Waals surface area contributed by atoms with Crippen molar-refractivity contribution in [2.45, 2.75) is 38.5 Å². The average molecular weight is 342 g/mol. The Labute approximate surface area is 146 Å². The highest BCUT2D eigenvalue weighted by atomic mass is 16.4. The molecule has 0 radical (unpaired) electrons. The quantitative estimate of drug-likeness (QED) is 0.867. The molecular formula is C18H22N4O3. The summed E-state index contributed by atoms with van der Waals surface area (Å²) in [6, 6.07) is 6.98. The number of nitrogens with zero attached hydrogens (tertiary/aromatic N) is 3. The Hall–Kier alpha value is -2.70. The maximum absolute atomic E-state index is 12.5. The van der Waals surface area contributed by atoms with Gasteiger partial charge >= 0.3 is 5.97 Å². The SMILES string of the molecule is Cc1nc(CCC(=O)N2CCC[C@@H](c3ccc(C(=O)O)cc3)C2)n[nH]1. The van der Waals surface area contributed by atoms with E-state index in [1.54, 1.807) is 12.1 Å². The number of aromatic carboxylic acids is 1.